The summed E-state index contributed by atoms with van der Waals surface area (Å²) < 4.78 is 18.3. The van der Waals surface area contributed by atoms with Crippen molar-refractivity contribution in [3.8, 4) is 0 Å². The van der Waals surface area contributed by atoms with Crippen LogP contribution in [0, 0.1) is 5.82 Å². The molecule has 1 saturated heterocycles. The maximum atomic E-state index is 13.0. The van der Waals surface area contributed by atoms with E-state index in [0.717, 1.165) is 51.3 Å². The fourth-order valence-electron chi connectivity index (χ4n) is 2.40. The number of aryl methyl sites for hydroxylation is 1. The summed E-state index contributed by atoms with van der Waals surface area (Å²) in [5, 5.41) is 5.66. The molecule has 2 N–H and O–H groups in total. The summed E-state index contributed by atoms with van der Waals surface area (Å²) in [6, 6.07) is 6.42. The van der Waals surface area contributed by atoms with Gasteiger partial charge in [-0.25, -0.2) is 9.18 Å². The number of nitrogens with zero attached hydrogens (tertiary/aromatic N) is 1. The average Bonchev–Trinajstić information content (AvgIpc) is 2.53. The van der Waals surface area contributed by atoms with E-state index in [1.54, 1.807) is 6.07 Å². The van der Waals surface area contributed by atoms with Crippen molar-refractivity contribution < 1.29 is 13.9 Å². The van der Waals surface area contributed by atoms with Crippen LogP contribution < -0.4 is 10.6 Å². The third kappa shape index (κ3) is 6.41. The second-order valence-electron chi connectivity index (χ2n) is 5.37. The summed E-state index contributed by atoms with van der Waals surface area (Å²) in [4.78, 5) is 13.9. The van der Waals surface area contributed by atoms with Gasteiger partial charge < -0.3 is 15.4 Å². The highest BCUT2D eigenvalue weighted by molar-refractivity contribution is 5.73. The van der Waals surface area contributed by atoms with E-state index in [4.69, 9.17) is 4.74 Å². The molecular weight excluding hydrogens is 285 g/mol. The predicted molar refractivity (Wildman–Crippen MR) is 83.4 cm³/mol. The molecule has 1 fully saturated rings. The molecule has 0 spiro atoms. The van der Waals surface area contributed by atoms with E-state index in [2.05, 4.69) is 15.5 Å². The molecule has 0 aliphatic carbocycles. The Kier molecular flexibility index (Phi) is 7.12. The fraction of sp³-hybridized carbons (Fsp3) is 0.562. The minimum atomic E-state index is -0.216. The maximum Gasteiger partial charge on any atom is 0.314 e. The number of nitrogens with one attached hydrogen (secondary N) is 2. The summed E-state index contributed by atoms with van der Waals surface area (Å²) in [7, 11) is 0. The number of carbonyl (C=O) groups is 1. The molecule has 5 nitrogen and oxygen atoms in total. The van der Waals surface area contributed by atoms with Crippen LogP contribution in [0.2, 0.25) is 0 Å². The molecule has 22 heavy (non-hydrogen) atoms. The van der Waals surface area contributed by atoms with E-state index < -0.39 is 0 Å². The van der Waals surface area contributed by atoms with E-state index in [1.807, 2.05) is 6.07 Å². The molecule has 0 unspecified atom stereocenters. The molecule has 122 valence electrons. The number of amides is 2. The number of halogens is 1. The van der Waals surface area contributed by atoms with Gasteiger partial charge in [-0.05, 0) is 30.5 Å². The SMILES string of the molecule is O=C(NCCCc1cccc(F)c1)NCCN1CCOCC1. The quantitative estimate of drug-likeness (QED) is 0.749. The number of rotatable bonds is 7. The van der Waals surface area contributed by atoms with Crippen LogP contribution in [0.1, 0.15) is 12.0 Å². The molecular formula is C16H24FN3O2. The number of hydrogen-bond donors (Lipinski definition) is 2. The van der Waals surface area contributed by atoms with Crippen LogP contribution in [-0.4, -0.2) is 56.9 Å². The zero-order chi connectivity index (χ0) is 15.6. The Bertz CT molecular complexity index is 464. The van der Waals surface area contributed by atoms with Crippen molar-refractivity contribution >= 4 is 6.03 Å². The van der Waals surface area contributed by atoms with Gasteiger partial charge in [0.2, 0.25) is 0 Å². The molecule has 1 aromatic carbocycles. The Hall–Kier alpha value is -1.66. The molecule has 2 amide bonds. The van der Waals surface area contributed by atoms with Gasteiger partial charge >= 0.3 is 6.03 Å². The number of morpholine rings is 1. The summed E-state index contributed by atoms with van der Waals surface area (Å²) in [6.45, 7) is 5.46. The number of urea groups is 1. The second-order valence-corrected chi connectivity index (χ2v) is 5.37. The standard InChI is InChI=1S/C16H24FN3O2/c17-15-5-1-3-14(13-15)4-2-6-18-16(21)19-7-8-20-9-11-22-12-10-20/h1,3,5,13H,2,4,6-12H2,(H2,18,19,21). The van der Waals surface area contributed by atoms with Crippen LogP contribution >= 0.6 is 0 Å². The molecule has 0 bridgehead atoms. The third-order valence-corrected chi connectivity index (χ3v) is 3.63. The first-order chi connectivity index (χ1) is 10.7. The monoisotopic (exact) mass is 309 g/mol. The van der Waals surface area contributed by atoms with Crippen LogP contribution in [0.4, 0.5) is 9.18 Å². The van der Waals surface area contributed by atoms with E-state index >= 15 is 0 Å². The van der Waals surface area contributed by atoms with Crippen LogP contribution in [-0.2, 0) is 11.2 Å². The van der Waals surface area contributed by atoms with Gasteiger partial charge in [0.1, 0.15) is 5.82 Å². The van der Waals surface area contributed by atoms with Crippen molar-refractivity contribution in [3.63, 3.8) is 0 Å². The highest BCUT2D eigenvalue weighted by atomic mass is 19.1. The topological polar surface area (TPSA) is 53.6 Å². The number of hydrogen-bond acceptors (Lipinski definition) is 3. The van der Waals surface area contributed by atoms with Crippen LogP contribution in [0.15, 0.2) is 24.3 Å². The lowest BCUT2D eigenvalue weighted by Crippen LogP contribution is -2.43. The molecule has 6 heteroatoms. The predicted octanol–water partition coefficient (Wildman–Crippen LogP) is 1.39. The van der Waals surface area contributed by atoms with Crippen LogP contribution in [0.25, 0.3) is 0 Å². The first kappa shape index (κ1) is 16.7. The van der Waals surface area contributed by atoms with E-state index in [1.165, 1.54) is 12.1 Å². The summed E-state index contributed by atoms with van der Waals surface area (Å²) in [5.74, 6) is -0.216. The Morgan fingerprint density at radius 2 is 2.00 bits per heavy atom. The molecule has 0 atom stereocenters. The minimum absolute atomic E-state index is 0.146. The van der Waals surface area contributed by atoms with Gasteiger partial charge in [-0.2, -0.15) is 0 Å². The normalized spacial score (nSPS) is 15.5. The summed E-state index contributed by atoms with van der Waals surface area (Å²) in [5.41, 5.74) is 0.953. The van der Waals surface area contributed by atoms with Crippen molar-refractivity contribution in [2.24, 2.45) is 0 Å². The Morgan fingerprint density at radius 3 is 2.77 bits per heavy atom. The molecule has 0 radical (unpaired) electrons. The van der Waals surface area contributed by atoms with Gasteiger partial charge in [0.15, 0.2) is 0 Å². The fourth-order valence-corrected chi connectivity index (χ4v) is 2.40. The van der Waals surface area contributed by atoms with Gasteiger partial charge in [-0.3, -0.25) is 4.90 Å². The van der Waals surface area contributed by atoms with Gasteiger partial charge in [-0.1, -0.05) is 12.1 Å². The van der Waals surface area contributed by atoms with Crippen molar-refractivity contribution in [1.29, 1.82) is 0 Å². The highest BCUT2D eigenvalue weighted by Gasteiger charge is 2.09. The van der Waals surface area contributed by atoms with Crippen molar-refractivity contribution in [2.75, 3.05) is 45.9 Å². The van der Waals surface area contributed by atoms with E-state index in [9.17, 15) is 9.18 Å². The first-order valence-corrected chi connectivity index (χ1v) is 7.80. The average molecular weight is 309 g/mol. The van der Waals surface area contributed by atoms with Crippen molar-refractivity contribution in [1.82, 2.24) is 15.5 Å². The third-order valence-electron chi connectivity index (χ3n) is 3.63. The molecule has 1 aliphatic rings. The molecule has 1 heterocycles. The number of benzene rings is 1. The summed E-state index contributed by atoms with van der Waals surface area (Å²) >= 11 is 0. The minimum Gasteiger partial charge on any atom is -0.379 e. The Balaban J connectivity index is 1.50. The Morgan fingerprint density at radius 1 is 1.23 bits per heavy atom. The van der Waals surface area contributed by atoms with E-state index in [0.29, 0.717) is 13.1 Å². The van der Waals surface area contributed by atoms with Gasteiger partial charge in [0.05, 0.1) is 13.2 Å². The molecule has 0 aromatic heterocycles. The molecule has 2 rings (SSSR count). The lowest BCUT2D eigenvalue weighted by molar-refractivity contribution is 0.0387. The van der Waals surface area contributed by atoms with Gasteiger partial charge in [0.25, 0.3) is 0 Å². The molecule has 1 aliphatic heterocycles. The highest BCUT2D eigenvalue weighted by Crippen LogP contribution is 2.05. The van der Waals surface area contributed by atoms with Crippen molar-refractivity contribution in [3.05, 3.63) is 35.6 Å². The largest absolute Gasteiger partial charge is 0.379 e. The zero-order valence-corrected chi connectivity index (χ0v) is 12.8. The lowest BCUT2D eigenvalue weighted by Gasteiger charge is -2.26. The zero-order valence-electron chi connectivity index (χ0n) is 12.8. The molecule has 1 aromatic rings. The van der Waals surface area contributed by atoms with Crippen molar-refractivity contribution in [2.45, 2.75) is 12.8 Å². The number of ether oxygens (including phenoxy) is 1. The molecule has 0 saturated carbocycles. The Labute approximate surface area is 130 Å². The smallest absolute Gasteiger partial charge is 0.314 e. The summed E-state index contributed by atoms with van der Waals surface area (Å²) in [6.07, 6.45) is 1.55. The van der Waals surface area contributed by atoms with Gasteiger partial charge in [-0.15, -0.1) is 0 Å². The number of carbonyl (C=O) groups excluding carboxylic acids is 1. The van der Waals surface area contributed by atoms with Gasteiger partial charge in [0, 0.05) is 32.7 Å². The van der Waals surface area contributed by atoms with Crippen LogP contribution in [0.5, 0.6) is 0 Å². The van der Waals surface area contributed by atoms with E-state index in [-0.39, 0.29) is 11.8 Å². The van der Waals surface area contributed by atoms with Crippen LogP contribution in [0.3, 0.4) is 0 Å². The second kappa shape index (κ2) is 9.38. The lowest BCUT2D eigenvalue weighted by atomic mass is 10.1. The maximum absolute atomic E-state index is 13.0. The first-order valence-electron chi connectivity index (χ1n) is 7.80.